The van der Waals surface area contributed by atoms with Gasteiger partial charge in [0.25, 0.3) is 5.91 Å². The Kier molecular flexibility index (Phi) is 4.52. The summed E-state index contributed by atoms with van der Waals surface area (Å²) in [5.74, 6) is -0.424. The Morgan fingerprint density at radius 2 is 2.21 bits per heavy atom. The van der Waals surface area contributed by atoms with Gasteiger partial charge < -0.3 is 14.8 Å². The predicted molar refractivity (Wildman–Crippen MR) is 69.1 cm³/mol. The quantitative estimate of drug-likeness (QED) is 0.660. The summed E-state index contributed by atoms with van der Waals surface area (Å²) in [6, 6.07) is 6.68. The zero-order valence-corrected chi connectivity index (χ0v) is 10.8. The number of nitrogens with one attached hydrogen (secondary N) is 1. The van der Waals surface area contributed by atoms with Crippen LogP contribution in [-0.2, 0) is 9.53 Å². The molecule has 1 atom stereocenters. The number of hydrogen-bond acceptors (Lipinski definition) is 4. The van der Waals surface area contributed by atoms with Gasteiger partial charge in [0.2, 0.25) is 0 Å². The van der Waals surface area contributed by atoms with Crippen LogP contribution in [-0.4, -0.2) is 31.1 Å². The van der Waals surface area contributed by atoms with Crippen LogP contribution in [0, 0.1) is 0 Å². The zero-order chi connectivity index (χ0) is 13.7. The standard InChI is InChI=1S/C14H17NO4/c1-10(16)19-13-7-3-2-6-12(13)14(17)15-9-11-5-4-8-18-11/h2-3,6-7,11H,4-5,8-9H2,1H3,(H,15,17). The predicted octanol–water partition coefficient (Wildman–Crippen LogP) is 1.52. The third-order valence-electron chi connectivity index (χ3n) is 2.90. The van der Waals surface area contributed by atoms with Crippen LogP contribution < -0.4 is 10.1 Å². The monoisotopic (exact) mass is 263 g/mol. The van der Waals surface area contributed by atoms with Crippen molar-refractivity contribution in [2.75, 3.05) is 13.2 Å². The SMILES string of the molecule is CC(=O)Oc1ccccc1C(=O)NCC1CCCO1. The number of para-hydroxylation sites is 1. The molecule has 1 aliphatic heterocycles. The molecule has 0 aliphatic carbocycles. The third kappa shape index (κ3) is 3.79. The van der Waals surface area contributed by atoms with Crippen LogP contribution in [0.4, 0.5) is 0 Å². The molecule has 1 aromatic carbocycles. The topological polar surface area (TPSA) is 64.6 Å². The second-order valence-corrected chi connectivity index (χ2v) is 4.43. The van der Waals surface area contributed by atoms with Crippen molar-refractivity contribution in [2.24, 2.45) is 0 Å². The van der Waals surface area contributed by atoms with Crippen LogP contribution in [0.3, 0.4) is 0 Å². The summed E-state index contributed by atoms with van der Waals surface area (Å²) < 4.78 is 10.4. The molecule has 0 spiro atoms. The Hall–Kier alpha value is -1.88. The highest BCUT2D eigenvalue weighted by atomic mass is 16.5. The first kappa shape index (κ1) is 13.5. The van der Waals surface area contributed by atoms with E-state index >= 15 is 0 Å². The summed E-state index contributed by atoms with van der Waals surface area (Å²) in [5, 5.41) is 2.80. The fourth-order valence-electron chi connectivity index (χ4n) is 2.01. The molecule has 19 heavy (non-hydrogen) atoms. The molecule has 2 rings (SSSR count). The van der Waals surface area contributed by atoms with Gasteiger partial charge in [-0.3, -0.25) is 9.59 Å². The van der Waals surface area contributed by atoms with Crippen molar-refractivity contribution in [1.29, 1.82) is 0 Å². The third-order valence-corrected chi connectivity index (χ3v) is 2.90. The largest absolute Gasteiger partial charge is 0.426 e. The molecule has 0 saturated carbocycles. The van der Waals surface area contributed by atoms with Gasteiger partial charge in [0.05, 0.1) is 11.7 Å². The summed E-state index contributed by atoms with van der Waals surface area (Å²) in [6.07, 6.45) is 2.08. The van der Waals surface area contributed by atoms with Crippen LogP contribution in [0.25, 0.3) is 0 Å². The minimum atomic E-state index is -0.445. The van der Waals surface area contributed by atoms with Gasteiger partial charge in [-0.1, -0.05) is 12.1 Å². The van der Waals surface area contributed by atoms with Crippen LogP contribution in [0.15, 0.2) is 24.3 Å². The lowest BCUT2D eigenvalue weighted by molar-refractivity contribution is -0.131. The molecule has 1 heterocycles. The second-order valence-electron chi connectivity index (χ2n) is 4.43. The molecule has 0 radical (unpaired) electrons. The Labute approximate surface area is 111 Å². The van der Waals surface area contributed by atoms with E-state index in [2.05, 4.69) is 5.32 Å². The maximum absolute atomic E-state index is 12.0. The van der Waals surface area contributed by atoms with Gasteiger partial charge >= 0.3 is 5.97 Å². The number of carbonyl (C=O) groups excluding carboxylic acids is 2. The van der Waals surface area contributed by atoms with Gasteiger partial charge in [-0.2, -0.15) is 0 Å². The minimum Gasteiger partial charge on any atom is -0.426 e. The summed E-state index contributed by atoms with van der Waals surface area (Å²) >= 11 is 0. The van der Waals surface area contributed by atoms with Gasteiger partial charge in [-0.05, 0) is 25.0 Å². The van der Waals surface area contributed by atoms with E-state index in [4.69, 9.17) is 9.47 Å². The molecule has 1 amide bonds. The maximum Gasteiger partial charge on any atom is 0.308 e. The molecule has 5 heteroatoms. The molecular weight excluding hydrogens is 246 g/mol. The molecule has 1 aromatic rings. The molecule has 5 nitrogen and oxygen atoms in total. The van der Waals surface area contributed by atoms with Crippen molar-refractivity contribution in [3.8, 4) is 5.75 Å². The molecule has 1 saturated heterocycles. The molecular formula is C14H17NO4. The van der Waals surface area contributed by atoms with Crippen molar-refractivity contribution in [2.45, 2.75) is 25.9 Å². The maximum atomic E-state index is 12.0. The molecule has 1 unspecified atom stereocenters. The van der Waals surface area contributed by atoms with Crippen molar-refractivity contribution in [3.05, 3.63) is 29.8 Å². The molecule has 1 fully saturated rings. The number of esters is 1. The van der Waals surface area contributed by atoms with Gasteiger partial charge in [0.1, 0.15) is 5.75 Å². The minimum absolute atomic E-state index is 0.0878. The van der Waals surface area contributed by atoms with Crippen molar-refractivity contribution in [1.82, 2.24) is 5.32 Å². The summed E-state index contributed by atoms with van der Waals surface area (Å²) in [7, 11) is 0. The summed E-state index contributed by atoms with van der Waals surface area (Å²) in [6.45, 7) is 2.54. The highest BCUT2D eigenvalue weighted by molar-refractivity contribution is 5.97. The van der Waals surface area contributed by atoms with E-state index in [-0.39, 0.29) is 17.8 Å². The first-order valence-corrected chi connectivity index (χ1v) is 6.34. The number of carbonyl (C=O) groups is 2. The van der Waals surface area contributed by atoms with Crippen LogP contribution in [0.5, 0.6) is 5.75 Å². The Morgan fingerprint density at radius 3 is 2.89 bits per heavy atom. The Bertz CT molecular complexity index is 466. The Morgan fingerprint density at radius 1 is 1.42 bits per heavy atom. The van der Waals surface area contributed by atoms with Crippen molar-refractivity contribution in [3.63, 3.8) is 0 Å². The fourth-order valence-corrected chi connectivity index (χ4v) is 2.01. The Balaban J connectivity index is 1.99. The van der Waals surface area contributed by atoms with E-state index in [0.29, 0.717) is 12.1 Å². The average molecular weight is 263 g/mol. The summed E-state index contributed by atoms with van der Waals surface area (Å²) in [4.78, 5) is 23.0. The van der Waals surface area contributed by atoms with E-state index in [1.54, 1.807) is 24.3 Å². The van der Waals surface area contributed by atoms with E-state index < -0.39 is 5.97 Å². The number of benzene rings is 1. The first-order chi connectivity index (χ1) is 9.16. The molecule has 1 aliphatic rings. The van der Waals surface area contributed by atoms with Gasteiger partial charge in [-0.25, -0.2) is 0 Å². The van der Waals surface area contributed by atoms with Gasteiger partial charge in [0, 0.05) is 20.1 Å². The molecule has 0 bridgehead atoms. The van der Waals surface area contributed by atoms with Crippen molar-refractivity contribution >= 4 is 11.9 Å². The van der Waals surface area contributed by atoms with E-state index in [1.165, 1.54) is 6.92 Å². The molecule has 102 valence electrons. The lowest BCUT2D eigenvalue weighted by atomic mass is 10.1. The molecule has 0 aromatic heterocycles. The zero-order valence-electron chi connectivity index (χ0n) is 10.8. The van der Waals surface area contributed by atoms with Crippen LogP contribution in [0.2, 0.25) is 0 Å². The summed E-state index contributed by atoms with van der Waals surface area (Å²) in [5.41, 5.74) is 0.357. The lowest BCUT2D eigenvalue weighted by Crippen LogP contribution is -2.32. The average Bonchev–Trinajstić information content (AvgIpc) is 2.89. The number of amides is 1. The van der Waals surface area contributed by atoms with Crippen LogP contribution >= 0.6 is 0 Å². The van der Waals surface area contributed by atoms with Crippen molar-refractivity contribution < 1.29 is 19.1 Å². The van der Waals surface area contributed by atoms with Crippen LogP contribution in [0.1, 0.15) is 30.1 Å². The second kappa shape index (κ2) is 6.33. The fraction of sp³-hybridized carbons (Fsp3) is 0.429. The lowest BCUT2D eigenvalue weighted by Gasteiger charge is -2.12. The van der Waals surface area contributed by atoms with E-state index in [0.717, 1.165) is 19.4 Å². The number of ether oxygens (including phenoxy) is 2. The first-order valence-electron chi connectivity index (χ1n) is 6.34. The molecule has 1 N–H and O–H groups in total. The number of rotatable bonds is 4. The van der Waals surface area contributed by atoms with Gasteiger partial charge in [-0.15, -0.1) is 0 Å². The van der Waals surface area contributed by atoms with E-state index in [1.807, 2.05) is 0 Å². The smallest absolute Gasteiger partial charge is 0.308 e. The number of hydrogen-bond donors (Lipinski definition) is 1. The van der Waals surface area contributed by atoms with E-state index in [9.17, 15) is 9.59 Å². The highest BCUT2D eigenvalue weighted by Gasteiger charge is 2.18. The normalized spacial score (nSPS) is 18.1. The highest BCUT2D eigenvalue weighted by Crippen LogP contribution is 2.18. The van der Waals surface area contributed by atoms with Gasteiger partial charge in [0.15, 0.2) is 0 Å².